The molecule has 0 atom stereocenters. The Kier molecular flexibility index (Phi) is 6.29. The van der Waals surface area contributed by atoms with Crippen LogP contribution in [0.25, 0.3) is 0 Å². The number of likely N-dealkylation sites (N-methyl/N-ethyl adjacent to an activating group) is 1. The first-order chi connectivity index (χ1) is 9.08. The van der Waals surface area contributed by atoms with Crippen LogP contribution in [0.3, 0.4) is 0 Å². The van der Waals surface area contributed by atoms with Crippen molar-refractivity contribution in [2.24, 2.45) is 0 Å². The second-order valence-electron chi connectivity index (χ2n) is 4.59. The summed E-state index contributed by atoms with van der Waals surface area (Å²) in [6.45, 7) is 8.28. The van der Waals surface area contributed by atoms with Gasteiger partial charge in [0.25, 0.3) is 5.91 Å². The maximum absolute atomic E-state index is 11.7. The number of hydrogen-bond donors (Lipinski definition) is 1. The van der Waals surface area contributed by atoms with E-state index >= 15 is 0 Å². The van der Waals surface area contributed by atoms with Crippen molar-refractivity contribution in [3.8, 4) is 0 Å². The van der Waals surface area contributed by atoms with Crippen molar-refractivity contribution in [1.29, 1.82) is 0 Å². The predicted octanol–water partition coefficient (Wildman–Crippen LogP) is 1.54. The molecule has 0 aliphatic heterocycles. The Hall–Kier alpha value is -1.62. The van der Waals surface area contributed by atoms with Crippen LogP contribution in [0.4, 0.5) is 5.82 Å². The van der Waals surface area contributed by atoms with E-state index in [-0.39, 0.29) is 5.91 Å². The maximum atomic E-state index is 11.7. The monoisotopic (exact) mass is 264 g/mol. The first-order valence-electron chi connectivity index (χ1n) is 6.72. The highest BCUT2D eigenvalue weighted by Gasteiger charge is 2.07. The summed E-state index contributed by atoms with van der Waals surface area (Å²) in [7, 11) is 3.47. The highest BCUT2D eigenvalue weighted by Crippen LogP contribution is 2.06. The van der Waals surface area contributed by atoms with Gasteiger partial charge in [-0.1, -0.05) is 13.8 Å². The van der Waals surface area contributed by atoms with Gasteiger partial charge in [0.1, 0.15) is 5.82 Å². The first kappa shape index (κ1) is 15.4. The fourth-order valence-electron chi connectivity index (χ4n) is 1.77. The number of anilines is 1. The van der Waals surface area contributed by atoms with Gasteiger partial charge >= 0.3 is 0 Å². The normalized spacial score (nSPS) is 10.6. The molecule has 1 rings (SSSR count). The van der Waals surface area contributed by atoms with Crippen LogP contribution in [0.5, 0.6) is 0 Å². The van der Waals surface area contributed by atoms with E-state index < -0.39 is 0 Å². The lowest BCUT2D eigenvalue weighted by atomic mass is 10.2. The number of carbonyl (C=O) groups excluding carboxylic acids is 1. The smallest absolute Gasteiger partial charge is 0.254 e. The van der Waals surface area contributed by atoms with E-state index in [1.54, 1.807) is 31.3 Å². The minimum Gasteiger partial charge on any atom is -0.369 e. The molecule has 0 radical (unpaired) electrons. The molecule has 0 unspecified atom stereocenters. The van der Waals surface area contributed by atoms with Crippen LogP contribution in [0.1, 0.15) is 24.2 Å². The molecule has 1 N–H and O–H groups in total. The fourth-order valence-corrected chi connectivity index (χ4v) is 1.77. The highest BCUT2D eigenvalue weighted by atomic mass is 16.2. The lowest BCUT2D eigenvalue weighted by molar-refractivity contribution is 0.0827. The number of hydrogen-bond acceptors (Lipinski definition) is 4. The average molecular weight is 264 g/mol. The van der Waals surface area contributed by atoms with Crippen LogP contribution in [-0.4, -0.2) is 61.0 Å². The van der Waals surface area contributed by atoms with Crippen LogP contribution < -0.4 is 5.32 Å². The quantitative estimate of drug-likeness (QED) is 0.811. The van der Waals surface area contributed by atoms with E-state index in [9.17, 15) is 4.79 Å². The van der Waals surface area contributed by atoms with Gasteiger partial charge in [-0.05, 0) is 25.2 Å². The van der Waals surface area contributed by atoms with Crippen LogP contribution in [-0.2, 0) is 0 Å². The third-order valence-corrected chi connectivity index (χ3v) is 3.05. The minimum absolute atomic E-state index is 0.0257. The molecule has 0 fully saturated rings. The topological polar surface area (TPSA) is 48.5 Å². The molecule has 0 aliphatic carbocycles. The van der Waals surface area contributed by atoms with Gasteiger partial charge in [0.05, 0.1) is 5.56 Å². The van der Waals surface area contributed by atoms with Gasteiger partial charge in [-0.25, -0.2) is 4.98 Å². The van der Waals surface area contributed by atoms with Crippen molar-refractivity contribution in [1.82, 2.24) is 14.8 Å². The summed E-state index contributed by atoms with van der Waals surface area (Å²) in [5.74, 6) is 0.782. The number of carbonyl (C=O) groups is 1. The molecular formula is C14H24N4O. The van der Waals surface area contributed by atoms with Crippen molar-refractivity contribution >= 4 is 11.7 Å². The Labute approximate surface area is 115 Å². The van der Waals surface area contributed by atoms with Crippen LogP contribution in [0.2, 0.25) is 0 Å². The summed E-state index contributed by atoms with van der Waals surface area (Å²) >= 11 is 0. The van der Waals surface area contributed by atoms with Gasteiger partial charge in [-0.3, -0.25) is 4.79 Å². The summed E-state index contributed by atoms with van der Waals surface area (Å²) in [5, 5.41) is 3.26. The van der Waals surface area contributed by atoms with Crippen LogP contribution in [0, 0.1) is 0 Å². The van der Waals surface area contributed by atoms with Crippen LogP contribution >= 0.6 is 0 Å². The highest BCUT2D eigenvalue weighted by molar-refractivity contribution is 5.93. The van der Waals surface area contributed by atoms with Crippen molar-refractivity contribution in [3.63, 3.8) is 0 Å². The molecule has 5 nitrogen and oxygen atoms in total. The van der Waals surface area contributed by atoms with E-state index in [0.29, 0.717) is 5.56 Å². The van der Waals surface area contributed by atoms with E-state index in [0.717, 1.165) is 32.0 Å². The maximum Gasteiger partial charge on any atom is 0.254 e. The Morgan fingerprint density at radius 2 is 1.95 bits per heavy atom. The summed E-state index contributed by atoms with van der Waals surface area (Å²) in [6, 6.07) is 3.65. The summed E-state index contributed by atoms with van der Waals surface area (Å²) in [5.41, 5.74) is 0.610. The number of nitrogens with one attached hydrogen (secondary N) is 1. The van der Waals surface area contributed by atoms with E-state index in [1.165, 1.54) is 0 Å². The Balaban J connectivity index is 2.46. The standard InChI is InChI=1S/C14H24N4O/c1-5-18(6-2)10-9-15-13-8-7-12(11-16-13)14(19)17(3)4/h7-8,11H,5-6,9-10H2,1-4H3,(H,15,16). The summed E-state index contributed by atoms with van der Waals surface area (Å²) < 4.78 is 0. The minimum atomic E-state index is -0.0257. The van der Waals surface area contributed by atoms with Crippen LogP contribution in [0.15, 0.2) is 18.3 Å². The second-order valence-corrected chi connectivity index (χ2v) is 4.59. The van der Waals surface area contributed by atoms with E-state index in [4.69, 9.17) is 0 Å². The molecule has 1 aromatic rings. The average Bonchev–Trinajstić information content (AvgIpc) is 2.43. The first-order valence-corrected chi connectivity index (χ1v) is 6.72. The molecular weight excluding hydrogens is 240 g/mol. The predicted molar refractivity (Wildman–Crippen MR) is 78.5 cm³/mol. The molecule has 0 aromatic carbocycles. The Bertz CT molecular complexity index is 385. The van der Waals surface area contributed by atoms with Gasteiger partial charge in [0.15, 0.2) is 0 Å². The van der Waals surface area contributed by atoms with Crippen molar-refractivity contribution in [2.45, 2.75) is 13.8 Å². The SMILES string of the molecule is CCN(CC)CCNc1ccc(C(=O)N(C)C)cn1. The van der Waals surface area contributed by atoms with Gasteiger partial charge in [-0.2, -0.15) is 0 Å². The summed E-state index contributed by atoms with van der Waals surface area (Å²) in [6.07, 6.45) is 1.61. The second kappa shape index (κ2) is 7.74. The molecule has 1 aromatic heterocycles. The number of aromatic nitrogens is 1. The summed E-state index contributed by atoms with van der Waals surface area (Å²) in [4.78, 5) is 19.8. The Morgan fingerprint density at radius 3 is 2.42 bits per heavy atom. The van der Waals surface area contributed by atoms with E-state index in [2.05, 4.69) is 29.0 Å². The molecule has 106 valence electrons. The molecule has 19 heavy (non-hydrogen) atoms. The van der Waals surface area contributed by atoms with Gasteiger partial charge in [0.2, 0.25) is 0 Å². The van der Waals surface area contributed by atoms with Crippen molar-refractivity contribution in [3.05, 3.63) is 23.9 Å². The lowest BCUT2D eigenvalue weighted by Crippen LogP contribution is -2.28. The molecule has 0 spiro atoms. The third-order valence-electron chi connectivity index (χ3n) is 3.05. The lowest BCUT2D eigenvalue weighted by Gasteiger charge is -2.18. The van der Waals surface area contributed by atoms with Crippen molar-refractivity contribution in [2.75, 3.05) is 45.6 Å². The number of amides is 1. The van der Waals surface area contributed by atoms with Gasteiger partial charge < -0.3 is 15.1 Å². The molecule has 5 heteroatoms. The number of nitrogens with zero attached hydrogens (tertiary/aromatic N) is 3. The fraction of sp³-hybridized carbons (Fsp3) is 0.571. The largest absolute Gasteiger partial charge is 0.369 e. The molecule has 0 saturated carbocycles. The molecule has 0 saturated heterocycles. The zero-order valence-electron chi connectivity index (χ0n) is 12.3. The third kappa shape index (κ3) is 4.87. The molecule has 0 aliphatic rings. The Morgan fingerprint density at radius 1 is 1.26 bits per heavy atom. The number of rotatable bonds is 7. The number of pyridine rings is 1. The molecule has 1 heterocycles. The zero-order valence-corrected chi connectivity index (χ0v) is 12.3. The zero-order chi connectivity index (χ0) is 14.3. The van der Waals surface area contributed by atoms with Gasteiger partial charge in [0, 0.05) is 33.4 Å². The van der Waals surface area contributed by atoms with E-state index in [1.807, 2.05) is 6.07 Å². The van der Waals surface area contributed by atoms with Gasteiger partial charge in [-0.15, -0.1) is 0 Å². The van der Waals surface area contributed by atoms with Crippen molar-refractivity contribution < 1.29 is 4.79 Å². The molecule has 1 amide bonds. The molecule has 0 bridgehead atoms.